The van der Waals surface area contributed by atoms with Crippen LogP contribution in [0, 0.1) is 0 Å². The monoisotopic (exact) mass is 439 g/mol. The number of alkyl carbamates (subject to hydrolysis) is 1. The van der Waals surface area contributed by atoms with Crippen molar-refractivity contribution in [1.82, 2.24) is 5.32 Å². The van der Waals surface area contributed by atoms with Crippen LogP contribution in [0.3, 0.4) is 0 Å². The van der Waals surface area contributed by atoms with Crippen molar-refractivity contribution in [3.63, 3.8) is 0 Å². The van der Waals surface area contributed by atoms with Crippen LogP contribution in [0.15, 0.2) is 48.5 Å². The molecule has 31 heavy (non-hydrogen) atoms. The molecular formula is C23H25N3O4S. The zero-order valence-corrected chi connectivity index (χ0v) is 18.1. The van der Waals surface area contributed by atoms with Gasteiger partial charge in [0.15, 0.2) is 10.9 Å². The minimum atomic E-state index is -0.623. The topological polar surface area (TPSA) is 96.5 Å². The minimum Gasteiger partial charge on any atom is -0.446 e. The van der Waals surface area contributed by atoms with Crippen molar-refractivity contribution in [1.29, 1.82) is 0 Å². The molecule has 0 spiro atoms. The second-order valence-corrected chi connectivity index (χ2v) is 7.79. The van der Waals surface area contributed by atoms with Crippen molar-refractivity contribution in [2.45, 2.75) is 45.1 Å². The number of ether oxygens (including phenoxy) is 1. The maximum atomic E-state index is 12.8. The number of rotatable bonds is 5. The van der Waals surface area contributed by atoms with Gasteiger partial charge in [-0.3, -0.25) is 14.9 Å². The Morgan fingerprint density at radius 2 is 1.61 bits per heavy atom. The number of amides is 2. The predicted molar refractivity (Wildman–Crippen MR) is 123 cm³/mol. The molecule has 0 radical (unpaired) electrons. The molecule has 0 bridgehead atoms. The third-order valence-electron chi connectivity index (χ3n) is 4.92. The average molecular weight is 440 g/mol. The van der Waals surface area contributed by atoms with E-state index in [1.807, 2.05) is 6.07 Å². The number of thiocarbonyl (C=S) groups is 1. The number of nitrogens with one attached hydrogen (secondary N) is 3. The molecule has 162 valence electrons. The van der Waals surface area contributed by atoms with Crippen LogP contribution in [0.4, 0.5) is 16.2 Å². The summed E-state index contributed by atoms with van der Waals surface area (Å²) in [5, 5.41) is 8.08. The molecule has 0 heterocycles. The van der Waals surface area contributed by atoms with Gasteiger partial charge in [-0.05, 0) is 56.1 Å². The number of carbonyl (C=O) groups excluding carboxylic acids is 3. The third kappa shape index (κ3) is 6.62. The van der Waals surface area contributed by atoms with Crippen molar-refractivity contribution in [3.8, 4) is 0 Å². The fraction of sp³-hybridized carbons (Fsp3) is 0.304. The van der Waals surface area contributed by atoms with Crippen LogP contribution in [-0.2, 0) is 9.53 Å². The van der Waals surface area contributed by atoms with Gasteiger partial charge in [0.2, 0.25) is 5.91 Å². The quantitative estimate of drug-likeness (QED) is 0.464. The maximum Gasteiger partial charge on any atom is 0.413 e. The number of hydrogen-bond donors (Lipinski definition) is 3. The van der Waals surface area contributed by atoms with Gasteiger partial charge in [0, 0.05) is 18.1 Å². The highest BCUT2D eigenvalue weighted by Crippen LogP contribution is 2.25. The summed E-state index contributed by atoms with van der Waals surface area (Å²) in [6.07, 6.45) is 4.23. The second kappa shape index (κ2) is 10.7. The summed E-state index contributed by atoms with van der Waals surface area (Å²) in [6.45, 7) is 1.38. The minimum absolute atomic E-state index is 0.0109. The Kier molecular flexibility index (Phi) is 7.72. The van der Waals surface area contributed by atoms with E-state index in [1.165, 1.54) is 6.92 Å². The molecule has 3 N–H and O–H groups in total. The Bertz CT molecular complexity index is 972. The van der Waals surface area contributed by atoms with Crippen LogP contribution in [0.1, 0.15) is 54.9 Å². The number of hydrogen-bond acceptors (Lipinski definition) is 5. The summed E-state index contributed by atoms with van der Waals surface area (Å²) in [5.41, 5.74) is 1.77. The van der Waals surface area contributed by atoms with E-state index in [1.54, 1.807) is 42.5 Å². The Hall–Kier alpha value is -3.26. The summed E-state index contributed by atoms with van der Waals surface area (Å²) in [6, 6.07) is 13.7. The first-order valence-corrected chi connectivity index (χ1v) is 10.6. The lowest BCUT2D eigenvalue weighted by Gasteiger charge is -2.22. The molecule has 2 amide bonds. The molecule has 3 rings (SSSR count). The third-order valence-corrected chi connectivity index (χ3v) is 5.12. The first-order valence-electron chi connectivity index (χ1n) is 10.2. The van der Waals surface area contributed by atoms with Gasteiger partial charge in [-0.25, -0.2) is 4.79 Å². The highest BCUT2D eigenvalue weighted by atomic mass is 32.1. The normalized spacial score (nSPS) is 13.7. The van der Waals surface area contributed by atoms with Crippen LogP contribution in [-0.4, -0.2) is 29.0 Å². The van der Waals surface area contributed by atoms with Crippen LogP contribution < -0.4 is 16.0 Å². The Morgan fingerprint density at radius 1 is 0.903 bits per heavy atom. The lowest BCUT2D eigenvalue weighted by Crippen LogP contribution is -2.37. The van der Waals surface area contributed by atoms with E-state index in [9.17, 15) is 14.4 Å². The Balaban J connectivity index is 1.72. The van der Waals surface area contributed by atoms with Gasteiger partial charge in [-0.2, -0.15) is 0 Å². The van der Waals surface area contributed by atoms with Crippen molar-refractivity contribution in [3.05, 3.63) is 59.7 Å². The molecule has 1 saturated carbocycles. The Labute approximate surface area is 186 Å². The summed E-state index contributed by atoms with van der Waals surface area (Å²) in [4.78, 5) is 36.5. The maximum absolute atomic E-state index is 12.8. The van der Waals surface area contributed by atoms with E-state index in [0.29, 0.717) is 22.5 Å². The van der Waals surface area contributed by atoms with Gasteiger partial charge >= 0.3 is 6.09 Å². The van der Waals surface area contributed by atoms with E-state index in [-0.39, 0.29) is 22.9 Å². The number of carbonyl (C=O) groups is 3. The highest BCUT2D eigenvalue weighted by Gasteiger charge is 2.19. The SMILES string of the molecule is CC(=O)Nc1ccc(C(=O)c2ccccc2)cc1NC(=S)NC(=O)OC1CCCCC1. The standard InChI is InChI=1S/C23H25N3O4S/c1-15(27)24-19-13-12-17(21(28)16-8-4-2-5-9-16)14-20(19)25-22(31)26-23(29)30-18-10-6-3-7-11-18/h2,4-5,8-9,12-14,18H,3,6-7,10-11H2,1H3,(H,24,27)(H2,25,26,29,31). The van der Waals surface area contributed by atoms with Crippen LogP contribution in [0.25, 0.3) is 0 Å². The zero-order chi connectivity index (χ0) is 22.2. The van der Waals surface area contributed by atoms with Crippen LogP contribution in [0.5, 0.6) is 0 Å². The molecule has 1 aliphatic carbocycles. The molecule has 1 fully saturated rings. The summed E-state index contributed by atoms with van der Waals surface area (Å²) >= 11 is 5.23. The number of benzene rings is 2. The van der Waals surface area contributed by atoms with E-state index in [4.69, 9.17) is 17.0 Å². The van der Waals surface area contributed by atoms with E-state index in [2.05, 4.69) is 16.0 Å². The molecule has 0 atom stereocenters. The van der Waals surface area contributed by atoms with Gasteiger partial charge in [0.05, 0.1) is 11.4 Å². The summed E-state index contributed by atoms with van der Waals surface area (Å²) < 4.78 is 5.41. The Morgan fingerprint density at radius 3 is 2.29 bits per heavy atom. The molecule has 7 nitrogen and oxygen atoms in total. The van der Waals surface area contributed by atoms with Crippen molar-refractivity contribution in [2.75, 3.05) is 10.6 Å². The predicted octanol–water partition coefficient (Wildman–Crippen LogP) is 4.63. The van der Waals surface area contributed by atoms with Crippen LogP contribution >= 0.6 is 12.2 Å². The van der Waals surface area contributed by atoms with Crippen LogP contribution in [0.2, 0.25) is 0 Å². The molecule has 0 aliphatic heterocycles. The smallest absolute Gasteiger partial charge is 0.413 e. The molecular weight excluding hydrogens is 414 g/mol. The average Bonchev–Trinajstić information content (AvgIpc) is 2.75. The molecule has 0 unspecified atom stereocenters. The van der Waals surface area contributed by atoms with Gasteiger partial charge in [-0.15, -0.1) is 0 Å². The van der Waals surface area contributed by atoms with Crippen molar-refractivity contribution < 1.29 is 19.1 Å². The molecule has 0 saturated heterocycles. The first kappa shape index (κ1) is 22.4. The molecule has 0 aromatic heterocycles. The van der Waals surface area contributed by atoms with Gasteiger partial charge < -0.3 is 15.4 Å². The lowest BCUT2D eigenvalue weighted by atomic mass is 9.98. The lowest BCUT2D eigenvalue weighted by molar-refractivity contribution is -0.114. The fourth-order valence-electron chi connectivity index (χ4n) is 3.45. The van der Waals surface area contributed by atoms with Crippen molar-refractivity contribution in [2.24, 2.45) is 0 Å². The van der Waals surface area contributed by atoms with E-state index < -0.39 is 6.09 Å². The molecule has 2 aromatic rings. The number of ketones is 1. The van der Waals surface area contributed by atoms with Gasteiger partial charge in [-0.1, -0.05) is 36.8 Å². The second-order valence-electron chi connectivity index (χ2n) is 7.38. The fourth-order valence-corrected chi connectivity index (χ4v) is 3.65. The molecule has 1 aliphatic rings. The van der Waals surface area contributed by atoms with E-state index in [0.717, 1.165) is 32.1 Å². The molecule has 8 heteroatoms. The summed E-state index contributed by atoms with van der Waals surface area (Å²) in [5.74, 6) is -0.450. The number of anilines is 2. The largest absolute Gasteiger partial charge is 0.446 e. The molecule has 2 aromatic carbocycles. The zero-order valence-electron chi connectivity index (χ0n) is 17.3. The van der Waals surface area contributed by atoms with Gasteiger partial charge in [0.25, 0.3) is 0 Å². The van der Waals surface area contributed by atoms with Gasteiger partial charge in [0.1, 0.15) is 6.10 Å². The first-order chi connectivity index (χ1) is 14.9. The summed E-state index contributed by atoms with van der Waals surface area (Å²) in [7, 11) is 0. The van der Waals surface area contributed by atoms with Crippen molar-refractivity contribution >= 4 is 46.5 Å². The van der Waals surface area contributed by atoms with E-state index >= 15 is 0 Å². The highest BCUT2D eigenvalue weighted by molar-refractivity contribution is 7.80.